The van der Waals surface area contributed by atoms with Gasteiger partial charge in [0.15, 0.2) is 0 Å². The van der Waals surface area contributed by atoms with Crippen molar-refractivity contribution in [3.8, 4) is 0 Å². The number of methoxy groups -OCH3 is 1. The van der Waals surface area contributed by atoms with Gasteiger partial charge in [-0.25, -0.2) is 0 Å². The number of esters is 1. The van der Waals surface area contributed by atoms with Crippen LogP contribution < -0.4 is 5.32 Å². The fourth-order valence-electron chi connectivity index (χ4n) is 3.09. The number of halogens is 1. The zero-order chi connectivity index (χ0) is 14.8. The average molecular weight is 351 g/mol. The lowest BCUT2D eigenvalue weighted by atomic mass is 9.91. The minimum absolute atomic E-state index is 0.167. The largest absolute Gasteiger partial charge is 0.469 e. The van der Waals surface area contributed by atoms with Gasteiger partial charge in [-0.2, -0.15) is 0 Å². The number of aromatic amines is 1. The summed E-state index contributed by atoms with van der Waals surface area (Å²) in [4.78, 5) is 14.7. The predicted octanol–water partition coefficient (Wildman–Crippen LogP) is 3.46. The van der Waals surface area contributed by atoms with Gasteiger partial charge < -0.3 is 15.0 Å². The number of carbonyl (C=O) groups is 1. The minimum atomic E-state index is -0.167. The van der Waals surface area contributed by atoms with Crippen LogP contribution in [0.2, 0.25) is 0 Å². The molecule has 5 heteroatoms. The Hall–Kier alpha value is -1.33. The highest BCUT2D eigenvalue weighted by atomic mass is 79.9. The van der Waals surface area contributed by atoms with Crippen LogP contribution in [-0.2, 0) is 16.0 Å². The van der Waals surface area contributed by atoms with Crippen LogP contribution in [0.1, 0.15) is 36.6 Å². The molecular formula is C16H19BrN2O2. The fourth-order valence-corrected chi connectivity index (χ4v) is 3.45. The van der Waals surface area contributed by atoms with Gasteiger partial charge in [-0.05, 0) is 43.0 Å². The number of aromatic nitrogens is 1. The van der Waals surface area contributed by atoms with Gasteiger partial charge in [0, 0.05) is 33.7 Å². The maximum Gasteiger partial charge on any atom is 0.306 e. The van der Waals surface area contributed by atoms with E-state index in [9.17, 15) is 4.79 Å². The smallest absolute Gasteiger partial charge is 0.306 e. The zero-order valence-corrected chi connectivity index (χ0v) is 13.6. The van der Waals surface area contributed by atoms with E-state index < -0.39 is 0 Å². The average Bonchev–Trinajstić information content (AvgIpc) is 2.86. The van der Waals surface area contributed by atoms with Gasteiger partial charge in [0.25, 0.3) is 0 Å². The number of carbonyl (C=O) groups excluding carboxylic acids is 1. The number of nitrogens with one attached hydrogen (secondary N) is 2. The molecule has 1 aromatic carbocycles. The molecule has 1 unspecified atom stereocenters. The predicted molar refractivity (Wildman–Crippen MR) is 86.3 cm³/mol. The summed E-state index contributed by atoms with van der Waals surface area (Å²) < 4.78 is 5.79. The summed E-state index contributed by atoms with van der Waals surface area (Å²) in [5.41, 5.74) is 3.87. The first-order valence-electron chi connectivity index (χ1n) is 7.29. The highest BCUT2D eigenvalue weighted by molar-refractivity contribution is 9.10. The Bertz CT molecular complexity index is 666. The van der Waals surface area contributed by atoms with E-state index in [-0.39, 0.29) is 5.97 Å². The molecule has 2 aromatic rings. The van der Waals surface area contributed by atoms with Crippen molar-refractivity contribution in [3.63, 3.8) is 0 Å². The Morgan fingerprint density at radius 1 is 1.52 bits per heavy atom. The van der Waals surface area contributed by atoms with Crippen LogP contribution in [-0.4, -0.2) is 24.6 Å². The van der Waals surface area contributed by atoms with Gasteiger partial charge in [0.05, 0.1) is 13.5 Å². The van der Waals surface area contributed by atoms with Crippen molar-refractivity contribution in [1.29, 1.82) is 0 Å². The van der Waals surface area contributed by atoms with E-state index in [2.05, 4.69) is 49.2 Å². The van der Waals surface area contributed by atoms with Crippen LogP contribution in [0.5, 0.6) is 0 Å². The van der Waals surface area contributed by atoms with E-state index in [0.29, 0.717) is 19.0 Å². The molecule has 21 heavy (non-hydrogen) atoms. The van der Waals surface area contributed by atoms with E-state index >= 15 is 0 Å². The highest BCUT2D eigenvalue weighted by Gasteiger charge is 2.24. The van der Waals surface area contributed by atoms with Crippen molar-refractivity contribution in [1.82, 2.24) is 10.3 Å². The quantitative estimate of drug-likeness (QED) is 0.830. The number of benzene rings is 1. The fraction of sp³-hybridized carbons (Fsp3) is 0.438. The molecule has 3 rings (SSSR count). The second-order valence-corrected chi connectivity index (χ2v) is 6.35. The highest BCUT2D eigenvalue weighted by Crippen LogP contribution is 2.35. The van der Waals surface area contributed by atoms with Gasteiger partial charge in [0.1, 0.15) is 0 Å². The van der Waals surface area contributed by atoms with Gasteiger partial charge >= 0.3 is 5.97 Å². The zero-order valence-electron chi connectivity index (χ0n) is 12.0. The molecule has 0 amide bonds. The van der Waals surface area contributed by atoms with E-state index in [1.165, 1.54) is 35.7 Å². The summed E-state index contributed by atoms with van der Waals surface area (Å²) in [5, 5.41) is 4.78. The Labute approximate surface area is 132 Å². The summed E-state index contributed by atoms with van der Waals surface area (Å²) in [6, 6.07) is 6.65. The molecule has 1 aliphatic carbocycles. The summed E-state index contributed by atoms with van der Waals surface area (Å²) in [5.74, 6) is -0.167. The Kier molecular flexibility index (Phi) is 4.31. The molecule has 1 atom stereocenters. The third-order valence-electron chi connectivity index (χ3n) is 4.12. The molecule has 0 saturated heterocycles. The molecule has 1 aliphatic rings. The molecule has 0 bridgehead atoms. The monoisotopic (exact) mass is 350 g/mol. The van der Waals surface area contributed by atoms with E-state index in [1.807, 2.05) is 0 Å². The number of H-pyrrole nitrogens is 1. The van der Waals surface area contributed by atoms with Gasteiger partial charge in [-0.3, -0.25) is 4.79 Å². The molecule has 112 valence electrons. The molecule has 2 N–H and O–H groups in total. The summed E-state index contributed by atoms with van der Waals surface area (Å²) in [6.45, 7) is 0.649. The van der Waals surface area contributed by atoms with Crippen LogP contribution in [0.15, 0.2) is 22.7 Å². The van der Waals surface area contributed by atoms with E-state index in [0.717, 1.165) is 17.3 Å². The first-order valence-corrected chi connectivity index (χ1v) is 8.08. The van der Waals surface area contributed by atoms with E-state index in [4.69, 9.17) is 0 Å². The third kappa shape index (κ3) is 2.99. The molecule has 4 nitrogen and oxygen atoms in total. The van der Waals surface area contributed by atoms with Gasteiger partial charge in [-0.1, -0.05) is 15.9 Å². The lowest BCUT2D eigenvalue weighted by Gasteiger charge is -2.23. The maximum absolute atomic E-state index is 11.2. The van der Waals surface area contributed by atoms with Crippen LogP contribution >= 0.6 is 15.9 Å². The molecule has 1 heterocycles. The number of fused-ring (bicyclic) bond motifs is 3. The van der Waals surface area contributed by atoms with E-state index in [1.54, 1.807) is 0 Å². The molecule has 0 radical (unpaired) electrons. The number of aryl methyl sites for hydroxylation is 1. The molecular weight excluding hydrogens is 332 g/mol. The standard InChI is InChI=1S/C16H19BrN2O2/c1-21-15(20)7-8-18-14-4-2-3-11-12-9-10(17)5-6-13(12)19-16(11)14/h5-6,9,14,18-19H,2-4,7-8H2,1H3. The first-order chi connectivity index (χ1) is 10.2. The van der Waals surface area contributed by atoms with Gasteiger partial charge in [-0.15, -0.1) is 0 Å². The number of rotatable bonds is 4. The van der Waals surface area contributed by atoms with Crippen molar-refractivity contribution < 1.29 is 9.53 Å². The molecule has 0 saturated carbocycles. The van der Waals surface area contributed by atoms with Crippen LogP contribution in [0.25, 0.3) is 10.9 Å². The van der Waals surface area contributed by atoms with Crippen molar-refractivity contribution in [2.75, 3.05) is 13.7 Å². The molecule has 0 spiro atoms. The molecule has 1 aromatic heterocycles. The van der Waals surface area contributed by atoms with Crippen LogP contribution in [0.4, 0.5) is 0 Å². The summed E-state index contributed by atoms with van der Waals surface area (Å²) >= 11 is 3.54. The van der Waals surface area contributed by atoms with Crippen molar-refractivity contribution in [3.05, 3.63) is 33.9 Å². The Morgan fingerprint density at radius 2 is 2.38 bits per heavy atom. The number of ether oxygens (including phenoxy) is 1. The SMILES string of the molecule is COC(=O)CCNC1CCCc2c1[nH]c1ccc(Br)cc21. The summed E-state index contributed by atoms with van der Waals surface area (Å²) in [7, 11) is 1.43. The number of hydrogen-bond acceptors (Lipinski definition) is 3. The second-order valence-electron chi connectivity index (χ2n) is 5.43. The van der Waals surface area contributed by atoms with Gasteiger partial charge in [0.2, 0.25) is 0 Å². The van der Waals surface area contributed by atoms with Crippen LogP contribution in [0, 0.1) is 0 Å². The second kappa shape index (κ2) is 6.20. The Morgan fingerprint density at radius 3 is 3.19 bits per heavy atom. The topological polar surface area (TPSA) is 54.1 Å². The maximum atomic E-state index is 11.2. The first kappa shape index (κ1) is 14.6. The molecule has 0 aliphatic heterocycles. The van der Waals surface area contributed by atoms with Crippen molar-refractivity contribution >= 4 is 32.8 Å². The van der Waals surface area contributed by atoms with Crippen molar-refractivity contribution in [2.24, 2.45) is 0 Å². The number of hydrogen-bond donors (Lipinski definition) is 2. The normalized spacial score (nSPS) is 17.7. The lowest BCUT2D eigenvalue weighted by molar-refractivity contribution is -0.140. The summed E-state index contributed by atoms with van der Waals surface area (Å²) in [6.07, 6.45) is 3.79. The minimum Gasteiger partial charge on any atom is -0.469 e. The van der Waals surface area contributed by atoms with Crippen molar-refractivity contribution in [2.45, 2.75) is 31.7 Å². The third-order valence-corrected chi connectivity index (χ3v) is 4.61. The molecule has 0 fully saturated rings. The Balaban J connectivity index is 1.81. The van der Waals surface area contributed by atoms with Crippen LogP contribution in [0.3, 0.4) is 0 Å². The lowest BCUT2D eigenvalue weighted by Crippen LogP contribution is -2.27.